The Morgan fingerprint density at radius 1 is 0.457 bits per heavy atom. The van der Waals surface area contributed by atoms with Crippen molar-refractivity contribution in [1.29, 1.82) is 0 Å². The molecular formula is C41H31N5. The maximum absolute atomic E-state index is 4.93. The molecule has 2 aliphatic carbocycles. The highest BCUT2D eigenvalue weighted by atomic mass is 15.1. The summed E-state index contributed by atoms with van der Waals surface area (Å²) in [5, 5.41) is 2.61. The second-order valence-corrected chi connectivity index (χ2v) is 13.4. The van der Waals surface area contributed by atoms with E-state index in [2.05, 4.69) is 104 Å². The maximum Gasteiger partial charge on any atom is 0.182 e. The van der Waals surface area contributed by atoms with Crippen molar-refractivity contribution in [3.63, 3.8) is 0 Å². The molecule has 0 unspecified atom stereocenters. The summed E-state index contributed by atoms with van der Waals surface area (Å²) in [6, 6.07) is 36.5. The number of aromatic nitrogens is 5. The third-order valence-electron chi connectivity index (χ3n) is 10.0. The van der Waals surface area contributed by atoms with E-state index in [1.165, 1.54) is 55.3 Å². The van der Waals surface area contributed by atoms with E-state index in [1.807, 2.05) is 36.4 Å². The number of fused-ring (bicyclic) bond motifs is 8. The summed E-state index contributed by atoms with van der Waals surface area (Å²) < 4.78 is 0. The Labute approximate surface area is 268 Å². The van der Waals surface area contributed by atoms with Crippen molar-refractivity contribution in [2.45, 2.75) is 38.5 Å². The summed E-state index contributed by atoms with van der Waals surface area (Å²) in [7, 11) is 0. The maximum atomic E-state index is 4.93. The van der Waals surface area contributed by atoms with Crippen LogP contribution in [0.1, 0.15) is 49.9 Å². The molecule has 46 heavy (non-hydrogen) atoms. The molecule has 9 rings (SSSR count). The Balaban J connectivity index is 1.21. The van der Waals surface area contributed by atoms with Crippen LogP contribution in [0.15, 0.2) is 116 Å². The second-order valence-electron chi connectivity index (χ2n) is 13.4. The summed E-state index contributed by atoms with van der Waals surface area (Å²) in [5.74, 6) is 1.66. The Kier molecular flexibility index (Phi) is 5.52. The first kappa shape index (κ1) is 26.8. The molecule has 5 nitrogen and oxygen atoms in total. The van der Waals surface area contributed by atoms with Gasteiger partial charge in [-0.25, -0.2) is 15.0 Å². The number of pyridine rings is 2. The van der Waals surface area contributed by atoms with Gasteiger partial charge in [-0.1, -0.05) is 88.4 Å². The number of hydrogen-bond acceptors (Lipinski definition) is 5. The van der Waals surface area contributed by atoms with Crippen LogP contribution < -0.4 is 0 Å². The van der Waals surface area contributed by atoms with Crippen LogP contribution in [0.4, 0.5) is 0 Å². The molecule has 5 heteroatoms. The van der Waals surface area contributed by atoms with Crippen LogP contribution >= 0.6 is 0 Å². The molecule has 0 saturated carbocycles. The molecule has 0 saturated heterocycles. The number of hydrogen-bond donors (Lipinski definition) is 0. The zero-order valence-electron chi connectivity index (χ0n) is 26.2. The van der Waals surface area contributed by atoms with Crippen LogP contribution in [0.3, 0.4) is 0 Å². The van der Waals surface area contributed by atoms with Crippen molar-refractivity contribution in [3.05, 3.63) is 138 Å². The summed E-state index contributed by atoms with van der Waals surface area (Å²) in [6.45, 7) is 9.40. The van der Waals surface area contributed by atoms with Crippen molar-refractivity contribution < 1.29 is 0 Å². The van der Waals surface area contributed by atoms with Crippen LogP contribution in [0.2, 0.25) is 0 Å². The first-order chi connectivity index (χ1) is 22.3. The monoisotopic (exact) mass is 593 g/mol. The molecule has 0 amide bonds. The van der Waals surface area contributed by atoms with Gasteiger partial charge >= 0.3 is 0 Å². The van der Waals surface area contributed by atoms with Gasteiger partial charge in [-0.15, -0.1) is 0 Å². The van der Waals surface area contributed by atoms with Gasteiger partial charge in [-0.3, -0.25) is 9.97 Å². The average Bonchev–Trinajstić information content (AvgIpc) is 3.46. The van der Waals surface area contributed by atoms with E-state index in [-0.39, 0.29) is 10.8 Å². The van der Waals surface area contributed by atoms with Gasteiger partial charge < -0.3 is 0 Å². The minimum Gasteiger partial charge on any atom is -0.253 e. The molecular weight excluding hydrogens is 562 g/mol. The minimum absolute atomic E-state index is 0.0921. The Hall–Kier alpha value is -5.55. The average molecular weight is 594 g/mol. The first-order valence-corrected chi connectivity index (χ1v) is 15.8. The standard InChI is InChI=1S/C41H31N5/c1-40(2)30-18-16-24-11-5-6-12-26(24)36(30)29-23-32-28(22-33(29)40)27-17-15-25(21-31(27)41(32,3)4)37-44-38(34-13-7-9-19-42-34)46-39(45-37)35-14-8-10-20-43-35/h5-23H,1-4H3. The molecule has 0 N–H and O–H groups in total. The molecule has 3 heterocycles. The largest absolute Gasteiger partial charge is 0.253 e. The van der Waals surface area contributed by atoms with E-state index in [0.717, 1.165) is 5.56 Å². The number of nitrogens with zero attached hydrogens (tertiary/aromatic N) is 5. The molecule has 4 aromatic carbocycles. The van der Waals surface area contributed by atoms with Gasteiger partial charge in [-0.05, 0) is 97.7 Å². The lowest BCUT2D eigenvalue weighted by atomic mass is 9.79. The quantitative estimate of drug-likeness (QED) is 0.204. The molecule has 0 atom stereocenters. The fourth-order valence-electron chi connectivity index (χ4n) is 7.60. The van der Waals surface area contributed by atoms with Gasteiger partial charge in [0.05, 0.1) is 0 Å². The summed E-state index contributed by atoms with van der Waals surface area (Å²) in [6.07, 6.45) is 3.52. The Morgan fingerprint density at radius 3 is 1.74 bits per heavy atom. The van der Waals surface area contributed by atoms with Crippen LogP contribution in [-0.4, -0.2) is 24.9 Å². The molecule has 0 radical (unpaired) electrons. The van der Waals surface area contributed by atoms with E-state index in [1.54, 1.807) is 12.4 Å². The van der Waals surface area contributed by atoms with Crippen molar-refractivity contribution in [3.8, 4) is 56.7 Å². The summed E-state index contributed by atoms with van der Waals surface area (Å²) >= 11 is 0. The molecule has 7 aromatic rings. The predicted molar refractivity (Wildman–Crippen MR) is 184 cm³/mol. The first-order valence-electron chi connectivity index (χ1n) is 15.8. The topological polar surface area (TPSA) is 64.5 Å². The minimum atomic E-state index is -0.214. The van der Waals surface area contributed by atoms with Crippen molar-refractivity contribution in [2.75, 3.05) is 0 Å². The lowest BCUT2D eigenvalue weighted by Gasteiger charge is -2.24. The lowest BCUT2D eigenvalue weighted by molar-refractivity contribution is 0.652. The highest BCUT2D eigenvalue weighted by molar-refractivity contribution is 6.03. The third kappa shape index (κ3) is 3.78. The molecule has 0 aliphatic heterocycles. The van der Waals surface area contributed by atoms with Crippen LogP contribution in [0.5, 0.6) is 0 Å². The molecule has 220 valence electrons. The second kappa shape index (κ2) is 9.48. The van der Waals surface area contributed by atoms with Gasteiger partial charge in [0.1, 0.15) is 11.4 Å². The van der Waals surface area contributed by atoms with E-state index in [9.17, 15) is 0 Å². The van der Waals surface area contributed by atoms with E-state index < -0.39 is 0 Å². The SMILES string of the molecule is CC1(C)c2cc(-c3nc(-c4ccccn4)nc(-c4ccccn4)n3)ccc2-c2cc3c(cc21)-c1c(ccc2ccccc12)C3(C)C. The van der Waals surface area contributed by atoms with Crippen LogP contribution in [-0.2, 0) is 10.8 Å². The smallest absolute Gasteiger partial charge is 0.182 e. The third-order valence-corrected chi connectivity index (χ3v) is 10.0. The highest BCUT2D eigenvalue weighted by Gasteiger charge is 2.42. The predicted octanol–water partition coefficient (Wildman–Crippen LogP) is 9.43. The van der Waals surface area contributed by atoms with Crippen LogP contribution in [0, 0.1) is 0 Å². The molecule has 3 aromatic heterocycles. The van der Waals surface area contributed by atoms with E-state index in [0.29, 0.717) is 28.9 Å². The normalized spacial score (nSPS) is 14.9. The van der Waals surface area contributed by atoms with Crippen molar-refractivity contribution >= 4 is 10.8 Å². The molecule has 0 fully saturated rings. The zero-order chi connectivity index (χ0) is 31.2. The molecule has 0 spiro atoms. The molecule has 2 aliphatic rings. The number of rotatable bonds is 3. The van der Waals surface area contributed by atoms with Crippen molar-refractivity contribution in [1.82, 2.24) is 24.9 Å². The Morgan fingerprint density at radius 2 is 1.04 bits per heavy atom. The summed E-state index contributed by atoms with van der Waals surface area (Å²) in [5.41, 5.74) is 12.8. The summed E-state index contributed by atoms with van der Waals surface area (Å²) in [4.78, 5) is 23.7. The van der Waals surface area contributed by atoms with Gasteiger partial charge in [-0.2, -0.15) is 0 Å². The fourth-order valence-corrected chi connectivity index (χ4v) is 7.60. The zero-order valence-corrected chi connectivity index (χ0v) is 26.2. The molecule has 0 bridgehead atoms. The van der Waals surface area contributed by atoms with Gasteiger partial charge in [0, 0.05) is 28.8 Å². The van der Waals surface area contributed by atoms with E-state index >= 15 is 0 Å². The van der Waals surface area contributed by atoms with Gasteiger partial charge in [0.2, 0.25) is 0 Å². The Bertz CT molecular complexity index is 2300. The van der Waals surface area contributed by atoms with Crippen LogP contribution in [0.25, 0.3) is 67.5 Å². The van der Waals surface area contributed by atoms with Crippen molar-refractivity contribution in [2.24, 2.45) is 0 Å². The lowest BCUT2D eigenvalue weighted by Crippen LogP contribution is -2.17. The number of benzene rings is 4. The van der Waals surface area contributed by atoms with Gasteiger partial charge in [0.15, 0.2) is 17.5 Å². The van der Waals surface area contributed by atoms with Gasteiger partial charge in [0.25, 0.3) is 0 Å². The van der Waals surface area contributed by atoms with E-state index in [4.69, 9.17) is 15.0 Å². The highest BCUT2D eigenvalue weighted by Crippen LogP contribution is 2.57. The fraction of sp³-hybridized carbons (Fsp3) is 0.146.